The van der Waals surface area contributed by atoms with Crippen molar-refractivity contribution >= 4 is 17.5 Å². The summed E-state index contributed by atoms with van der Waals surface area (Å²) in [4.78, 5) is 32.8. The molecule has 3 rings (SSSR count). The average Bonchev–Trinajstić information content (AvgIpc) is 2.57. The lowest BCUT2D eigenvalue weighted by Crippen LogP contribution is -2.57. The Balaban J connectivity index is 1.81. The van der Waals surface area contributed by atoms with Gasteiger partial charge in [0.25, 0.3) is 5.91 Å². The van der Waals surface area contributed by atoms with E-state index >= 15 is 0 Å². The van der Waals surface area contributed by atoms with Crippen LogP contribution in [-0.2, 0) is 4.79 Å². The van der Waals surface area contributed by atoms with Crippen molar-refractivity contribution in [3.8, 4) is 0 Å². The highest BCUT2D eigenvalue weighted by atomic mass is 16.2. The number of carbonyl (C=O) groups is 2. The predicted molar refractivity (Wildman–Crippen MR) is 93.0 cm³/mol. The number of pyridine rings is 1. The van der Waals surface area contributed by atoms with Crippen LogP contribution in [0.2, 0.25) is 0 Å². The van der Waals surface area contributed by atoms with E-state index in [1.165, 1.54) is 0 Å². The molecule has 0 spiro atoms. The SMILES string of the molecule is Cc1ccc(N2CC(C)N(C(=O)c3cnccc3C)CC2=O)cc1. The smallest absolute Gasteiger partial charge is 0.256 e. The largest absolute Gasteiger partial charge is 0.325 e. The van der Waals surface area contributed by atoms with Crippen molar-refractivity contribution in [2.75, 3.05) is 18.0 Å². The molecular formula is C19H21N3O2. The van der Waals surface area contributed by atoms with Crippen LogP contribution in [0, 0.1) is 13.8 Å². The molecule has 1 aromatic heterocycles. The Morgan fingerprint density at radius 1 is 1.17 bits per heavy atom. The Kier molecular flexibility index (Phi) is 4.34. The summed E-state index contributed by atoms with van der Waals surface area (Å²) in [5.74, 6) is -0.197. The molecule has 0 radical (unpaired) electrons. The first-order valence-electron chi connectivity index (χ1n) is 8.06. The van der Waals surface area contributed by atoms with Crippen LogP contribution in [0.3, 0.4) is 0 Å². The lowest BCUT2D eigenvalue weighted by molar-refractivity contribution is -0.121. The molecule has 1 unspecified atom stereocenters. The highest BCUT2D eigenvalue weighted by Gasteiger charge is 2.34. The van der Waals surface area contributed by atoms with E-state index < -0.39 is 0 Å². The number of hydrogen-bond acceptors (Lipinski definition) is 3. The summed E-state index contributed by atoms with van der Waals surface area (Å²) >= 11 is 0. The van der Waals surface area contributed by atoms with Gasteiger partial charge in [-0.05, 0) is 44.5 Å². The van der Waals surface area contributed by atoms with E-state index in [0.717, 1.165) is 16.8 Å². The molecule has 0 saturated carbocycles. The van der Waals surface area contributed by atoms with Crippen LogP contribution in [0.5, 0.6) is 0 Å². The lowest BCUT2D eigenvalue weighted by atomic mass is 10.1. The maximum atomic E-state index is 12.8. The summed E-state index contributed by atoms with van der Waals surface area (Å²) in [6.07, 6.45) is 3.23. The molecule has 2 heterocycles. The molecule has 0 aliphatic carbocycles. The lowest BCUT2D eigenvalue weighted by Gasteiger charge is -2.39. The van der Waals surface area contributed by atoms with Crippen molar-refractivity contribution in [2.24, 2.45) is 0 Å². The fourth-order valence-electron chi connectivity index (χ4n) is 2.94. The van der Waals surface area contributed by atoms with Gasteiger partial charge in [0.05, 0.1) is 5.56 Å². The molecule has 0 bridgehead atoms. The van der Waals surface area contributed by atoms with Crippen LogP contribution >= 0.6 is 0 Å². The minimum Gasteiger partial charge on any atom is -0.325 e. The second kappa shape index (κ2) is 6.43. The number of piperazine rings is 1. The zero-order valence-electron chi connectivity index (χ0n) is 14.2. The number of benzene rings is 1. The fraction of sp³-hybridized carbons (Fsp3) is 0.316. The molecule has 1 atom stereocenters. The van der Waals surface area contributed by atoms with Gasteiger partial charge in [-0.15, -0.1) is 0 Å². The van der Waals surface area contributed by atoms with Gasteiger partial charge in [-0.25, -0.2) is 0 Å². The van der Waals surface area contributed by atoms with Crippen molar-refractivity contribution in [3.05, 3.63) is 59.4 Å². The standard InChI is InChI=1S/C19H21N3O2/c1-13-4-6-16(7-5-13)22-11-15(3)21(12-18(22)23)19(24)17-10-20-9-8-14(17)2/h4-10,15H,11-12H2,1-3H3. The number of carbonyl (C=O) groups excluding carboxylic acids is 2. The van der Waals surface area contributed by atoms with Gasteiger partial charge in [0.15, 0.2) is 0 Å². The predicted octanol–water partition coefficient (Wildman–Crippen LogP) is 2.58. The first-order chi connectivity index (χ1) is 11.5. The summed E-state index contributed by atoms with van der Waals surface area (Å²) in [5.41, 5.74) is 3.46. The molecule has 1 aromatic carbocycles. The van der Waals surface area contributed by atoms with Crippen LogP contribution < -0.4 is 4.90 Å². The molecular weight excluding hydrogens is 302 g/mol. The van der Waals surface area contributed by atoms with Crippen LogP contribution in [0.15, 0.2) is 42.7 Å². The van der Waals surface area contributed by atoms with Crippen LogP contribution in [0.4, 0.5) is 5.69 Å². The molecule has 24 heavy (non-hydrogen) atoms. The highest BCUT2D eigenvalue weighted by molar-refractivity contribution is 6.02. The van der Waals surface area contributed by atoms with Crippen molar-refractivity contribution in [1.29, 1.82) is 0 Å². The maximum Gasteiger partial charge on any atom is 0.256 e. The number of aromatic nitrogens is 1. The molecule has 5 heteroatoms. The van der Waals surface area contributed by atoms with Crippen molar-refractivity contribution in [3.63, 3.8) is 0 Å². The molecule has 5 nitrogen and oxygen atoms in total. The van der Waals surface area contributed by atoms with Crippen LogP contribution in [0.25, 0.3) is 0 Å². The summed E-state index contributed by atoms with van der Waals surface area (Å²) in [5, 5.41) is 0. The highest BCUT2D eigenvalue weighted by Crippen LogP contribution is 2.22. The quantitative estimate of drug-likeness (QED) is 0.853. The minimum absolute atomic E-state index is 0.0592. The Labute approximate surface area is 141 Å². The average molecular weight is 323 g/mol. The second-order valence-corrected chi connectivity index (χ2v) is 6.31. The Hall–Kier alpha value is -2.69. The summed E-state index contributed by atoms with van der Waals surface area (Å²) < 4.78 is 0. The van der Waals surface area contributed by atoms with Gasteiger partial charge >= 0.3 is 0 Å². The first kappa shape index (κ1) is 16.2. The van der Waals surface area contributed by atoms with Crippen LogP contribution in [-0.4, -0.2) is 40.8 Å². The van der Waals surface area contributed by atoms with E-state index in [2.05, 4.69) is 4.98 Å². The molecule has 1 aliphatic rings. The Morgan fingerprint density at radius 2 is 1.88 bits per heavy atom. The van der Waals surface area contributed by atoms with E-state index in [4.69, 9.17) is 0 Å². The molecule has 1 fully saturated rings. The third kappa shape index (κ3) is 3.02. The summed E-state index contributed by atoms with van der Waals surface area (Å²) in [6, 6.07) is 9.62. The molecule has 2 aromatic rings. The van der Waals surface area contributed by atoms with Gasteiger partial charge in [-0.1, -0.05) is 17.7 Å². The van der Waals surface area contributed by atoms with Gasteiger partial charge in [0.1, 0.15) is 6.54 Å². The molecule has 2 amide bonds. The van der Waals surface area contributed by atoms with E-state index in [1.807, 2.05) is 51.1 Å². The zero-order chi connectivity index (χ0) is 17.3. The number of aryl methyl sites for hydroxylation is 2. The third-order valence-electron chi connectivity index (χ3n) is 4.46. The third-order valence-corrected chi connectivity index (χ3v) is 4.46. The summed E-state index contributed by atoms with van der Waals surface area (Å²) in [7, 11) is 0. The van der Waals surface area contributed by atoms with Gasteiger partial charge in [-0.3, -0.25) is 14.6 Å². The summed E-state index contributed by atoms with van der Waals surface area (Å²) in [6.45, 7) is 6.44. The number of anilines is 1. The topological polar surface area (TPSA) is 53.5 Å². The van der Waals surface area contributed by atoms with Gasteiger partial charge in [-0.2, -0.15) is 0 Å². The van der Waals surface area contributed by atoms with E-state index in [0.29, 0.717) is 12.1 Å². The monoisotopic (exact) mass is 323 g/mol. The Morgan fingerprint density at radius 3 is 2.54 bits per heavy atom. The first-order valence-corrected chi connectivity index (χ1v) is 8.06. The zero-order valence-corrected chi connectivity index (χ0v) is 14.2. The van der Waals surface area contributed by atoms with E-state index in [-0.39, 0.29) is 24.4 Å². The molecule has 124 valence electrons. The minimum atomic E-state index is -0.134. The van der Waals surface area contributed by atoms with Crippen molar-refractivity contribution in [1.82, 2.24) is 9.88 Å². The van der Waals surface area contributed by atoms with Gasteiger partial charge < -0.3 is 9.80 Å². The molecule has 0 N–H and O–H groups in total. The number of nitrogens with zero attached hydrogens (tertiary/aromatic N) is 3. The number of amides is 2. The van der Waals surface area contributed by atoms with Crippen molar-refractivity contribution < 1.29 is 9.59 Å². The molecule has 1 saturated heterocycles. The van der Waals surface area contributed by atoms with Gasteiger partial charge in [0.2, 0.25) is 5.91 Å². The van der Waals surface area contributed by atoms with Crippen molar-refractivity contribution in [2.45, 2.75) is 26.8 Å². The number of hydrogen-bond donors (Lipinski definition) is 0. The van der Waals surface area contributed by atoms with E-state index in [9.17, 15) is 9.59 Å². The maximum absolute atomic E-state index is 12.8. The number of rotatable bonds is 2. The van der Waals surface area contributed by atoms with Crippen LogP contribution in [0.1, 0.15) is 28.4 Å². The fourth-order valence-corrected chi connectivity index (χ4v) is 2.94. The van der Waals surface area contributed by atoms with E-state index in [1.54, 1.807) is 22.2 Å². The second-order valence-electron chi connectivity index (χ2n) is 6.31. The Bertz CT molecular complexity index is 770. The molecule has 1 aliphatic heterocycles. The van der Waals surface area contributed by atoms with Gasteiger partial charge in [0, 0.05) is 30.7 Å². The normalized spacial score (nSPS) is 18.0.